The van der Waals surface area contributed by atoms with Gasteiger partial charge in [0.1, 0.15) is 5.76 Å². The molecule has 0 unspecified atom stereocenters. The van der Waals surface area contributed by atoms with E-state index in [1.54, 1.807) is 0 Å². The largest absolute Gasteiger partial charge is 0.361 e. The minimum atomic E-state index is 0.207. The fourth-order valence-corrected chi connectivity index (χ4v) is 3.08. The number of fused-ring (bicyclic) bond motifs is 1. The Morgan fingerprint density at radius 1 is 1.39 bits per heavy atom. The van der Waals surface area contributed by atoms with Crippen molar-refractivity contribution in [2.24, 2.45) is 11.8 Å². The average molecular weight is 249 g/mol. The highest BCUT2D eigenvalue weighted by atomic mass is 16.5. The summed E-state index contributed by atoms with van der Waals surface area (Å²) in [6.07, 6.45) is 0.425. The third kappa shape index (κ3) is 1.92. The number of rotatable bonds is 2. The van der Waals surface area contributed by atoms with Crippen LogP contribution in [0.5, 0.6) is 0 Å². The molecule has 2 saturated heterocycles. The lowest BCUT2D eigenvalue weighted by atomic mass is 10.0. The lowest BCUT2D eigenvalue weighted by molar-refractivity contribution is -0.129. The molecule has 0 spiro atoms. The third-order valence-corrected chi connectivity index (χ3v) is 4.25. The molecule has 1 aromatic heterocycles. The number of aromatic nitrogens is 1. The predicted octanol–water partition coefficient (Wildman–Crippen LogP) is 0.512. The van der Waals surface area contributed by atoms with Crippen LogP contribution in [0.1, 0.15) is 17.0 Å². The molecule has 3 heterocycles. The molecule has 5 nitrogen and oxygen atoms in total. The highest BCUT2D eigenvalue weighted by Gasteiger charge is 2.38. The Morgan fingerprint density at radius 3 is 2.61 bits per heavy atom. The molecule has 98 valence electrons. The van der Waals surface area contributed by atoms with Gasteiger partial charge in [0.15, 0.2) is 0 Å². The summed E-state index contributed by atoms with van der Waals surface area (Å²) < 4.78 is 5.10. The molecule has 5 heteroatoms. The van der Waals surface area contributed by atoms with Gasteiger partial charge in [-0.05, 0) is 25.7 Å². The van der Waals surface area contributed by atoms with Crippen molar-refractivity contribution in [1.29, 1.82) is 0 Å². The van der Waals surface area contributed by atoms with E-state index in [2.05, 4.69) is 10.5 Å². The van der Waals surface area contributed by atoms with Crippen molar-refractivity contribution in [1.82, 2.24) is 15.4 Å². The van der Waals surface area contributed by atoms with E-state index in [1.165, 1.54) is 0 Å². The maximum atomic E-state index is 12.3. The molecule has 3 rings (SSSR count). The van der Waals surface area contributed by atoms with Crippen molar-refractivity contribution in [2.45, 2.75) is 20.3 Å². The predicted molar refractivity (Wildman–Crippen MR) is 66.1 cm³/mol. The van der Waals surface area contributed by atoms with E-state index >= 15 is 0 Å². The van der Waals surface area contributed by atoms with Gasteiger partial charge in [-0.3, -0.25) is 4.79 Å². The second kappa shape index (κ2) is 4.39. The van der Waals surface area contributed by atoms with Crippen LogP contribution in [-0.4, -0.2) is 42.1 Å². The average Bonchev–Trinajstić information content (AvgIpc) is 2.98. The summed E-state index contributed by atoms with van der Waals surface area (Å²) in [4.78, 5) is 14.3. The lowest BCUT2D eigenvalue weighted by Gasteiger charge is -2.17. The fourth-order valence-electron chi connectivity index (χ4n) is 3.08. The molecule has 0 bridgehead atoms. The van der Waals surface area contributed by atoms with Crippen LogP contribution in [0.3, 0.4) is 0 Å². The summed E-state index contributed by atoms with van der Waals surface area (Å²) in [5.41, 5.74) is 1.79. The molecule has 0 saturated carbocycles. The highest BCUT2D eigenvalue weighted by Crippen LogP contribution is 2.27. The minimum absolute atomic E-state index is 0.207. The van der Waals surface area contributed by atoms with Crippen molar-refractivity contribution >= 4 is 5.91 Å². The minimum Gasteiger partial charge on any atom is -0.361 e. The van der Waals surface area contributed by atoms with E-state index in [0.29, 0.717) is 18.3 Å². The Balaban J connectivity index is 1.66. The van der Waals surface area contributed by atoms with E-state index < -0.39 is 0 Å². The molecule has 18 heavy (non-hydrogen) atoms. The first kappa shape index (κ1) is 11.7. The van der Waals surface area contributed by atoms with Crippen LogP contribution in [0.15, 0.2) is 4.52 Å². The number of carbonyl (C=O) groups excluding carboxylic acids is 1. The van der Waals surface area contributed by atoms with Gasteiger partial charge in [-0.15, -0.1) is 0 Å². The number of amides is 1. The van der Waals surface area contributed by atoms with Crippen LogP contribution in [0, 0.1) is 25.7 Å². The lowest BCUT2D eigenvalue weighted by Crippen LogP contribution is -2.33. The molecule has 0 aliphatic carbocycles. The monoisotopic (exact) mass is 249 g/mol. The summed E-state index contributed by atoms with van der Waals surface area (Å²) in [5, 5.41) is 7.28. The first-order chi connectivity index (χ1) is 8.65. The Kier molecular flexibility index (Phi) is 2.86. The Labute approximate surface area is 107 Å². The topological polar surface area (TPSA) is 58.4 Å². The normalized spacial score (nSPS) is 26.7. The van der Waals surface area contributed by atoms with Gasteiger partial charge in [0, 0.05) is 31.7 Å². The first-order valence-electron chi connectivity index (χ1n) is 6.55. The van der Waals surface area contributed by atoms with Crippen LogP contribution >= 0.6 is 0 Å². The summed E-state index contributed by atoms with van der Waals surface area (Å²) in [5.74, 6) is 2.28. The quantitative estimate of drug-likeness (QED) is 0.830. The molecule has 2 aliphatic rings. The van der Waals surface area contributed by atoms with Gasteiger partial charge in [-0.1, -0.05) is 5.16 Å². The van der Waals surface area contributed by atoms with Crippen molar-refractivity contribution in [3.63, 3.8) is 0 Å². The molecule has 2 fully saturated rings. The van der Waals surface area contributed by atoms with Gasteiger partial charge in [0.05, 0.1) is 12.1 Å². The Morgan fingerprint density at radius 2 is 2.06 bits per heavy atom. The molecule has 1 amide bonds. The number of aryl methyl sites for hydroxylation is 2. The number of nitrogens with zero attached hydrogens (tertiary/aromatic N) is 2. The summed E-state index contributed by atoms with van der Waals surface area (Å²) in [6.45, 7) is 7.67. The van der Waals surface area contributed by atoms with E-state index in [-0.39, 0.29) is 5.91 Å². The van der Waals surface area contributed by atoms with E-state index in [4.69, 9.17) is 4.52 Å². The summed E-state index contributed by atoms with van der Waals surface area (Å²) in [6, 6.07) is 0. The van der Waals surface area contributed by atoms with E-state index in [9.17, 15) is 4.79 Å². The van der Waals surface area contributed by atoms with Gasteiger partial charge in [0.2, 0.25) is 5.91 Å². The van der Waals surface area contributed by atoms with E-state index in [1.807, 2.05) is 18.7 Å². The van der Waals surface area contributed by atoms with E-state index in [0.717, 1.165) is 43.2 Å². The van der Waals surface area contributed by atoms with Crippen LogP contribution < -0.4 is 5.32 Å². The van der Waals surface area contributed by atoms with Crippen LogP contribution in [-0.2, 0) is 11.2 Å². The van der Waals surface area contributed by atoms with Crippen molar-refractivity contribution in [3.8, 4) is 0 Å². The Bertz CT molecular complexity index is 437. The van der Waals surface area contributed by atoms with Gasteiger partial charge in [0.25, 0.3) is 0 Å². The molecule has 0 aromatic carbocycles. The van der Waals surface area contributed by atoms with Crippen LogP contribution in [0.4, 0.5) is 0 Å². The molecule has 1 N–H and O–H groups in total. The van der Waals surface area contributed by atoms with Crippen molar-refractivity contribution in [2.75, 3.05) is 26.2 Å². The fraction of sp³-hybridized carbons (Fsp3) is 0.692. The second-order valence-electron chi connectivity index (χ2n) is 5.46. The molecule has 0 radical (unpaired) electrons. The van der Waals surface area contributed by atoms with Gasteiger partial charge in [-0.25, -0.2) is 0 Å². The highest BCUT2D eigenvalue weighted by molar-refractivity contribution is 5.79. The standard InChI is InChI=1S/C13H19N3O2/c1-8-12(9(2)18-15-8)3-13(17)16-6-10-4-14-5-11(10)7-16/h10-11,14H,3-7H2,1-2H3/t10-,11+. The zero-order valence-electron chi connectivity index (χ0n) is 10.9. The molecular formula is C13H19N3O2. The third-order valence-electron chi connectivity index (χ3n) is 4.25. The van der Waals surface area contributed by atoms with Gasteiger partial charge < -0.3 is 14.7 Å². The van der Waals surface area contributed by atoms with Crippen LogP contribution in [0.25, 0.3) is 0 Å². The molecular weight excluding hydrogens is 230 g/mol. The smallest absolute Gasteiger partial charge is 0.227 e. The Hall–Kier alpha value is -1.36. The first-order valence-corrected chi connectivity index (χ1v) is 6.55. The maximum Gasteiger partial charge on any atom is 0.227 e. The molecule has 1 aromatic rings. The molecule has 2 atom stereocenters. The van der Waals surface area contributed by atoms with Crippen LogP contribution in [0.2, 0.25) is 0 Å². The van der Waals surface area contributed by atoms with Gasteiger partial charge >= 0.3 is 0 Å². The number of hydrogen-bond acceptors (Lipinski definition) is 4. The number of likely N-dealkylation sites (tertiary alicyclic amines) is 1. The van der Waals surface area contributed by atoms with Crippen molar-refractivity contribution < 1.29 is 9.32 Å². The molecule has 2 aliphatic heterocycles. The van der Waals surface area contributed by atoms with Crippen molar-refractivity contribution in [3.05, 3.63) is 17.0 Å². The maximum absolute atomic E-state index is 12.3. The summed E-state index contributed by atoms with van der Waals surface area (Å²) in [7, 11) is 0. The number of carbonyl (C=O) groups is 1. The SMILES string of the molecule is Cc1noc(C)c1CC(=O)N1C[C@H]2CNC[C@H]2C1. The van der Waals surface area contributed by atoms with Gasteiger partial charge in [-0.2, -0.15) is 0 Å². The number of hydrogen-bond donors (Lipinski definition) is 1. The summed E-state index contributed by atoms with van der Waals surface area (Å²) >= 11 is 0. The zero-order valence-corrected chi connectivity index (χ0v) is 10.9. The zero-order chi connectivity index (χ0) is 12.7. The number of nitrogens with one attached hydrogen (secondary N) is 1. The second-order valence-corrected chi connectivity index (χ2v) is 5.46.